The molecule has 0 amide bonds. The van der Waals surface area contributed by atoms with Gasteiger partial charge in [-0.2, -0.15) is 0 Å². The number of carbonyl (C=O) groups is 1. The van der Waals surface area contributed by atoms with Crippen molar-refractivity contribution in [3.63, 3.8) is 0 Å². The van der Waals surface area contributed by atoms with Crippen molar-refractivity contribution in [1.82, 2.24) is 0 Å². The van der Waals surface area contributed by atoms with Gasteiger partial charge in [-0.15, -0.1) is 0 Å². The molecular weight excluding hydrogens is 400 g/mol. The van der Waals surface area contributed by atoms with Crippen LogP contribution in [-0.2, 0) is 20.7 Å². The summed E-state index contributed by atoms with van der Waals surface area (Å²) in [6.07, 6.45) is 3.95. The van der Waals surface area contributed by atoms with Crippen molar-refractivity contribution in [2.75, 3.05) is 19.8 Å². The van der Waals surface area contributed by atoms with E-state index < -0.39 is 6.10 Å². The van der Waals surface area contributed by atoms with Crippen LogP contribution in [0.5, 0.6) is 5.75 Å². The Morgan fingerprint density at radius 1 is 0.844 bits per heavy atom. The summed E-state index contributed by atoms with van der Waals surface area (Å²) in [6, 6.07) is 26.5. The van der Waals surface area contributed by atoms with Gasteiger partial charge in [-0.1, -0.05) is 72.8 Å². The Bertz CT molecular complexity index is 976. The van der Waals surface area contributed by atoms with Crippen LogP contribution < -0.4 is 4.74 Å². The smallest absolute Gasteiger partial charge is 0.335 e. The standard InChI is InChI=1S/C28H30O4/c1-3-30-27(28(29)31-4-2)21-23-14-18-26(19-15-23)32-20-8-9-22-12-16-25(17-13-22)24-10-6-5-7-11-24/h5-19,27H,3-4,20-21H2,1-2H3/b9-8+/t27-/m0/s1. The van der Waals surface area contributed by atoms with Gasteiger partial charge < -0.3 is 14.2 Å². The van der Waals surface area contributed by atoms with Gasteiger partial charge in [-0.05, 0) is 54.3 Å². The summed E-state index contributed by atoms with van der Waals surface area (Å²) < 4.78 is 16.4. The predicted octanol–water partition coefficient (Wildman–Crippen LogP) is 5.96. The summed E-state index contributed by atoms with van der Waals surface area (Å²) in [5.41, 5.74) is 4.54. The molecule has 0 aliphatic carbocycles. The fraction of sp³-hybridized carbons (Fsp3) is 0.250. The summed E-state index contributed by atoms with van der Waals surface area (Å²) in [5.74, 6) is 0.457. The maximum Gasteiger partial charge on any atom is 0.335 e. The largest absolute Gasteiger partial charge is 0.490 e. The molecule has 0 aliphatic heterocycles. The molecule has 0 heterocycles. The maximum atomic E-state index is 12.0. The number of ether oxygens (including phenoxy) is 3. The van der Waals surface area contributed by atoms with E-state index in [0.717, 1.165) is 16.9 Å². The van der Waals surface area contributed by atoms with Crippen LogP contribution in [0.15, 0.2) is 84.9 Å². The van der Waals surface area contributed by atoms with E-state index >= 15 is 0 Å². The van der Waals surface area contributed by atoms with Gasteiger partial charge in [0.05, 0.1) is 6.61 Å². The summed E-state index contributed by atoms with van der Waals surface area (Å²) in [5, 5.41) is 0. The van der Waals surface area contributed by atoms with Crippen LogP contribution in [0, 0.1) is 0 Å². The highest BCUT2D eigenvalue weighted by molar-refractivity contribution is 5.75. The lowest BCUT2D eigenvalue weighted by molar-refractivity contribution is -0.156. The van der Waals surface area contributed by atoms with Crippen molar-refractivity contribution in [3.05, 3.63) is 96.1 Å². The molecule has 0 aliphatic rings. The average Bonchev–Trinajstić information content (AvgIpc) is 2.83. The van der Waals surface area contributed by atoms with Crippen LogP contribution in [0.1, 0.15) is 25.0 Å². The zero-order valence-corrected chi connectivity index (χ0v) is 18.7. The fourth-order valence-electron chi connectivity index (χ4n) is 3.33. The number of hydrogen-bond donors (Lipinski definition) is 0. The zero-order chi connectivity index (χ0) is 22.6. The third-order valence-electron chi connectivity index (χ3n) is 4.94. The molecule has 166 valence electrons. The Morgan fingerprint density at radius 3 is 2.19 bits per heavy atom. The highest BCUT2D eigenvalue weighted by Gasteiger charge is 2.20. The van der Waals surface area contributed by atoms with Gasteiger partial charge in [0.2, 0.25) is 0 Å². The molecule has 4 nitrogen and oxygen atoms in total. The minimum absolute atomic E-state index is 0.323. The molecule has 32 heavy (non-hydrogen) atoms. The van der Waals surface area contributed by atoms with Crippen molar-refractivity contribution in [2.24, 2.45) is 0 Å². The van der Waals surface area contributed by atoms with E-state index in [1.54, 1.807) is 6.92 Å². The molecule has 0 aromatic heterocycles. The quantitative estimate of drug-likeness (QED) is 0.352. The lowest BCUT2D eigenvalue weighted by Crippen LogP contribution is -2.28. The van der Waals surface area contributed by atoms with Gasteiger partial charge in [0.1, 0.15) is 12.4 Å². The summed E-state index contributed by atoms with van der Waals surface area (Å²) >= 11 is 0. The molecular formula is C28H30O4. The van der Waals surface area contributed by atoms with Gasteiger partial charge in [0.25, 0.3) is 0 Å². The van der Waals surface area contributed by atoms with E-state index in [1.807, 2.05) is 55.5 Å². The normalized spacial score (nSPS) is 11.9. The predicted molar refractivity (Wildman–Crippen MR) is 129 cm³/mol. The van der Waals surface area contributed by atoms with Crippen molar-refractivity contribution < 1.29 is 19.0 Å². The van der Waals surface area contributed by atoms with E-state index in [9.17, 15) is 4.79 Å². The highest BCUT2D eigenvalue weighted by Crippen LogP contribution is 2.20. The van der Waals surface area contributed by atoms with Gasteiger partial charge in [-0.3, -0.25) is 0 Å². The summed E-state index contributed by atoms with van der Waals surface area (Å²) in [4.78, 5) is 12.0. The molecule has 0 bridgehead atoms. The van der Waals surface area contributed by atoms with E-state index in [-0.39, 0.29) is 5.97 Å². The maximum absolute atomic E-state index is 12.0. The molecule has 3 rings (SSSR count). The second-order valence-electron chi connectivity index (χ2n) is 7.25. The second-order valence-corrected chi connectivity index (χ2v) is 7.25. The molecule has 0 N–H and O–H groups in total. The highest BCUT2D eigenvalue weighted by atomic mass is 16.6. The summed E-state index contributed by atoms with van der Waals surface area (Å²) in [7, 11) is 0. The fourth-order valence-corrected chi connectivity index (χ4v) is 3.33. The molecule has 3 aromatic rings. The van der Waals surface area contributed by atoms with Gasteiger partial charge in [-0.25, -0.2) is 4.79 Å². The van der Waals surface area contributed by atoms with Crippen LogP contribution in [-0.4, -0.2) is 31.9 Å². The van der Waals surface area contributed by atoms with E-state index in [1.165, 1.54) is 11.1 Å². The Balaban J connectivity index is 1.48. The topological polar surface area (TPSA) is 44.8 Å². The van der Waals surface area contributed by atoms with Gasteiger partial charge in [0, 0.05) is 13.0 Å². The van der Waals surface area contributed by atoms with Gasteiger partial charge >= 0.3 is 5.97 Å². The van der Waals surface area contributed by atoms with Gasteiger partial charge in [0.15, 0.2) is 6.10 Å². The van der Waals surface area contributed by atoms with E-state index in [0.29, 0.717) is 26.2 Å². The van der Waals surface area contributed by atoms with Crippen molar-refractivity contribution in [3.8, 4) is 16.9 Å². The Labute approximate surface area is 190 Å². The molecule has 0 saturated heterocycles. The first-order valence-electron chi connectivity index (χ1n) is 11.0. The molecule has 0 saturated carbocycles. The molecule has 0 unspecified atom stereocenters. The van der Waals surface area contributed by atoms with Crippen molar-refractivity contribution in [1.29, 1.82) is 0 Å². The average molecular weight is 431 g/mol. The number of rotatable bonds is 11. The molecule has 0 fully saturated rings. The third kappa shape index (κ3) is 7.10. The number of esters is 1. The lowest BCUT2D eigenvalue weighted by Gasteiger charge is -2.15. The first kappa shape index (κ1) is 23.3. The minimum Gasteiger partial charge on any atom is -0.490 e. The van der Waals surface area contributed by atoms with Crippen LogP contribution in [0.25, 0.3) is 17.2 Å². The number of hydrogen-bond acceptors (Lipinski definition) is 4. The molecule has 4 heteroatoms. The molecule has 1 atom stereocenters. The lowest BCUT2D eigenvalue weighted by atomic mass is 10.0. The SMILES string of the molecule is CCOC(=O)[C@H](Cc1ccc(OC/C=C/c2ccc(-c3ccccc3)cc2)cc1)OCC. The zero-order valence-electron chi connectivity index (χ0n) is 18.7. The van der Waals surface area contributed by atoms with Crippen molar-refractivity contribution in [2.45, 2.75) is 26.4 Å². The monoisotopic (exact) mass is 430 g/mol. The Morgan fingerprint density at radius 2 is 1.53 bits per heavy atom. The van der Waals surface area contributed by atoms with E-state index in [2.05, 4.69) is 42.5 Å². The van der Waals surface area contributed by atoms with Crippen LogP contribution >= 0.6 is 0 Å². The van der Waals surface area contributed by atoms with Crippen LogP contribution in [0.2, 0.25) is 0 Å². The van der Waals surface area contributed by atoms with E-state index in [4.69, 9.17) is 14.2 Å². The Kier molecular flexibility index (Phi) is 9.08. The first-order valence-corrected chi connectivity index (χ1v) is 11.0. The van der Waals surface area contributed by atoms with Crippen LogP contribution in [0.3, 0.4) is 0 Å². The van der Waals surface area contributed by atoms with Crippen molar-refractivity contribution >= 4 is 12.0 Å². The number of carbonyl (C=O) groups excluding carboxylic acids is 1. The number of benzene rings is 3. The molecule has 0 spiro atoms. The molecule has 3 aromatic carbocycles. The molecule has 0 radical (unpaired) electrons. The first-order chi connectivity index (χ1) is 15.7. The third-order valence-corrected chi connectivity index (χ3v) is 4.94. The minimum atomic E-state index is -0.581. The summed E-state index contributed by atoms with van der Waals surface area (Å²) in [6.45, 7) is 4.95. The van der Waals surface area contributed by atoms with Crippen LogP contribution in [0.4, 0.5) is 0 Å². The Hall–Kier alpha value is -3.37. The second kappa shape index (κ2) is 12.5.